The van der Waals surface area contributed by atoms with Crippen molar-refractivity contribution < 1.29 is 27.5 Å². The van der Waals surface area contributed by atoms with Gasteiger partial charge in [0.15, 0.2) is 0 Å². The van der Waals surface area contributed by atoms with Crippen molar-refractivity contribution in [2.75, 3.05) is 53.3 Å². The minimum absolute atomic E-state index is 0.0499. The van der Waals surface area contributed by atoms with Crippen molar-refractivity contribution in [2.45, 2.75) is 33.2 Å². The van der Waals surface area contributed by atoms with E-state index in [2.05, 4.69) is 5.32 Å². The molecule has 7 nitrogen and oxygen atoms in total. The van der Waals surface area contributed by atoms with E-state index < -0.39 is 8.80 Å². The van der Waals surface area contributed by atoms with Gasteiger partial charge in [-0.3, -0.25) is 4.79 Å². The number of hydrogen-bond donors (Lipinski definition) is 1. The molecule has 0 aliphatic rings. The van der Waals surface area contributed by atoms with Crippen molar-refractivity contribution >= 4 is 14.7 Å². The molecule has 1 N–H and O–H groups in total. The predicted molar refractivity (Wildman–Crippen MR) is 85.8 cm³/mol. The van der Waals surface area contributed by atoms with E-state index in [9.17, 15) is 4.79 Å². The lowest BCUT2D eigenvalue weighted by Gasteiger charge is -2.28. The predicted octanol–water partition coefficient (Wildman–Crippen LogP) is 1.20. The lowest BCUT2D eigenvalue weighted by atomic mass is 10.4. The fraction of sp³-hybridized carbons (Fsp3) is 0.929. The number of carbonyl (C=O) groups excluding carboxylic acids is 1. The van der Waals surface area contributed by atoms with Crippen molar-refractivity contribution in [1.82, 2.24) is 5.32 Å². The Morgan fingerprint density at radius 2 is 1.59 bits per heavy atom. The fourth-order valence-corrected chi connectivity index (χ4v) is 4.50. The van der Waals surface area contributed by atoms with E-state index in [1.54, 1.807) is 7.11 Å². The molecule has 132 valence electrons. The van der Waals surface area contributed by atoms with Crippen LogP contribution < -0.4 is 5.32 Å². The molecular formula is C14H31NO6Si. The number of amides is 1. The van der Waals surface area contributed by atoms with Gasteiger partial charge in [0.25, 0.3) is 0 Å². The Bertz CT molecular complexity index is 263. The van der Waals surface area contributed by atoms with E-state index >= 15 is 0 Å². The van der Waals surface area contributed by atoms with Crippen LogP contribution in [-0.2, 0) is 27.5 Å². The van der Waals surface area contributed by atoms with Crippen LogP contribution in [0.5, 0.6) is 0 Å². The zero-order valence-corrected chi connectivity index (χ0v) is 15.3. The molecule has 0 fully saturated rings. The Morgan fingerprint density at radius 3 is 2.09 bits per heavy atom. The van der Waals surface area contributed by atoms with Crippen LogP contribution in [-0.4, -0.2) is 68.0 Å². The van der Waals surface area contributed by atoms with Crippen molar-refractivity contribution in [3.8, 4) is 0 Å². The molecule has 1 amide bonds. The maximum Gasteiger partial charge on any atom is 0.500 e. The standard InChI is InChI=1S/C14H31NO6Si/c1-5-19-22(20-6-2,21-7-3)12-8-9-15-14(16)13-18-11-10-17-4/h5-13H2,1-4H3,(H,15,16). The van der Waals surface area contributed by atoms with Crippen LogP contribution in [0.1, 0.15) is 27.2 Å². The van der Waals surface area contributed by atoms with Gasteiger partial charge >= 0.3 is 8.80 Å². The highest BCUT2D eigenvalue weighted by Gasteiger charge is 2.39. The Hall–Kier alpha value is -0.513. The first kappa shape index (κ1) is 21.5. The first-order valence-electron chi connectivity index (χ1n) is 7.89. The monoisotopic (exact) mass is 337 g/mol. The normalized spacial score (nSPS) is 11.6. The third-order valence-corrected chi connectivity index (χ3v) is 5.89. The molecule has 0 aromatic heterocycles. The first-order chi connectivity index (χ1) is 10.6. The Labute approximate surface area is 135 Å². The molecule has 0 aromatic rings. The summed E-state index contributed by atoms with van der Waals surface area (Å²) in [6, 6.07) is 0.688. The van der Waals surface area contributed by atoms with E-state index in [1.165, 1.54) is 0 Å². The average Bonchev–Trinajstić information content (AvgIpc) is 2.49. The summed E-state index contributed by atoms with van der Waals surface area (Å²) in [7, 11) is -1.01. The number of rotatable bonds is 15. The molecule has 0 unspecified atom stereocenters. The third-order valence-electron chi connectivity index (χ3n) is 2.74. The molecule has 0 saturated heterocycles. The highest BCUT2D eigenvalue weighted by Crippen LogP contribution is 2.17. The summed E-state index contributed by atoms with van der Waals surface area (Å²) in [5.74, 6) is -0.132. The first-order valence-corrected chi connectivity index (χ1v) is 9.82. The number of hydrogen-bond acceptors (Lipinski definition) is 6. The van der Waals surface area contributed by atoms with E-state index in [4.69, 9.17) is 22.8 Å². The van der Waals surface area contributed by atoms with Gasteiger partial charge in [-0.1, -0.05) is 0 Å². The van der Waals surface area contributed by atoms with Crippen LogP contribution in [0.3, 0.4) is 0 Å². The average molecular weight is 337 g/mol. The molecule has 0 saturated carbocycles. The van der Waals surface area contributed by atoms with Gasteiger partial charge in [0.05, 0.1) is 13.2 Å². The minimum atomic E-state index is -2.60. The zero-order valence-electron chi connectivity index (χ0n) is 14.3. The molecule has 0 heterocycles. The van der Waals surface area contributed by atoms with Crippen LogP contribution in [0, 0.1) is 0 Å². The largest absolute Gasteiger partial charge is 0.500 e. The summed E-state index contributed by atoms with van der Waals surface area (Å²) >= 11 is 0. The summed E-state index contributed by atoms with van der Waals surface area (Å²) in [6.45, 7) is 8.97. The molecule has 0 aromatic carbocycles. The van der Waals surface area contributed by atoms with Crippen molar-refractivity contribution in [2.24, 2.45) is 0 Å². The highest BCUT2D eigenvalue weighted by molar-refractivity contribution is 6.60. The van der Waals surface area contributed by atoms with Crippen molar-refractivity contribution in [1.29, 1.82) is 0 Å². The maximum atomic E-state index is 11.5. The molecule has 0 spiro atoms. The second-order valence-corrected chi connectivity index (χ2v) is 7.21. The van der Waals surface area contributed by atoms with Gasteiger partial charge in [0, 0.05) is 39.5 Å². The zero-order chi connectivity index (χ0) is 16.7. The highest BCUT2D eigenvalue weighted by atomic mass is 28.4. The van der Waals surface area contributed by atoms with Crippen LogP contribution >= 0.6 is 0 Å². The summed E-state index contributed by atoms with van der Waals surface area (Å²) in [4.78, 5) is 11.5. The summed E-state index contributed by atoms with van der Waals surface area (Å²) < 4.78 is 27.2. The lowest BCUT2D eigenvalue weighted by Crippen LogP contribution is -2.46. The molecule has 0 bridgehead atoms. The second-order valence-electron chi connectivity index (χ2n) is 4.48. The van der Waals surface area contributed by atoms with Gasteiger partial charge in [-0.2, -0.15) is 0 Å². The van der Waals surface area contributed by atoms with Gasteiger partial charge in [0.2, 0.25) is 5.91 Å². The maximum absolute atomic E-state index is 11.5. The van der Waals surface area contributed by atoms with Gasteiger partial charge in [-0.15, -0.1) is 0 Å². The third kappa shape index (κ3) is 10.3. The van der Waals surface area contributed by atoms with E-state index in [1.807, 2.05) is 20.8 Å². The van der Waals surface area contributed by atoms with Crippen molar-refractivity contribution in [3.63, 3.8) is 0 Å². The Morgan fingerprint density at radius 1 is 1.00 bits per heavy atom. The number of carbonyl (C=O) groups is 1. The summed E-state index contributed by atoms with van der Waals surface area (Å²) in [6.07, 6.45) is 0.746. The van der Waals surface area contributed by atoms with Gasteiger partial charge < -0.3 is 28.1 Å². The molecule has 0 rings (SSSR count). The topological polar surface area (TPSA) is 75.3 Å². The number of ether oxygens (including phenoxy) is 2. The molecule has 0 aliphatic heterocycles. The lowest BCUT2D eigenvalue weighted by molar-refractivity contribution is -0.126. The van der Waals surface area contributed by atoms with E-state index in [0.717, 1.165) is 6.42 Å². The second kappa shape index (κ2) is 14.1. The van der Waals surface area contributed by atoms with E-state index in [-0.39, 0.29) is 12.5 Å². The van der Waals surface area contributed by atoms with Crippen molar-refractivity contribution in [3.05, 3.63) is 0 Å². The SMILES string of the molecule is CCO[Si](CCCNC(=O)COCCOC)(OCC)OCC. The van der Waals surface area contributed by atoms with Crippen LogP contribution in [0.15, 0.2) is 0 Å². The van der Waals surface area contributed by atoms with Crippen LogP contribution in [0.4, 0.5) is 0 Å². The summed E-state index contributed by atoms with van der Waals surface area (Å²) in [5.41, 5.74) is 0. The molecular weight excluding hydrogens is 306 g/mol. The molecule has 0 radical (unpaired) electrons. The molecule has 22 heavy (non-hydrogen) atoms. The minimum Gasteiger partial charge on any atom is -0.382 e. The van der Waals surface area contributed by atoms with Crippen LogP contribution in [0.2, 0.25) is 6.04 Å². The Kier molecular flexibility index (Phi) is 13.8. The quantitative estimate of drug-likeness (QED) is 0.357. The van der Waals surface area contributed by atoms with Gasteiger partial charge in [0.1, 0.15) is 6.61 Å². The van der Waals surface area contributed by atoms with Gasteiger partial charge in [-0.25, -0.2) is 0 Å². The molecule has 8 heteroatoms. The fourth-order valence-electron chi connectivity index (χ4n) is 1.89. The van der Waals surface area contributed by atoms with Gasteiger partial charge in [-0.05, 0) is 27.2 Å². The Balaban J connectivity index is 3.98. The smallest absolute Gasteiger partial charge is 0.382 e. The summed E-state index contributed by atoms with van der Waals surface area (Å²) in [5, 5.41) is 2.81. The number of methoxy groups -OCH3 is 1. The molecule has 0 atom stereocenters. The van der Waals surface area contributed by atoms with E-state index in [0.29, 0.717) is 45.6 Å². The molecule has 0 aliphatic carbocycles. The van der Waals surface area contributed by atoms with Crippen LogP contribution in [0.25, 0.3) is 0 Å². The number of nitrogens with one attached hydrogen (secondary N) is 1.